The summed E-state index contributed by atoms with van der Waals surface area (Å²) in [5.41, 5.74) is 5.92. The molecule has 0 aromatic heterocycles. The second kappa shape index (κ2) is 14.5. The molecule has 0 aliphatic heterocycles. The van der Waals surface area contributed by atoms with Gasteiger partial charge in [0.1, 0.15) is 17.2 Å². The number of aliphatic hydroxyl groups is 1. The number of fused-ring (bicyclic) bond motifs is 3. The molecule has 1 aliphatic rings. The molecule has 0 amide bonds. The molecule has 43 heavy (non-hydrogen) atoms. The summed E-state index contributed by atoms with van der Waals surface area (Å²) in [4.78, 5) is 35.8. The van der Waals surface area contributed by atoms with E-state index in [-0.39, 0.29) is 23.2 Å². The van der Waals surface area contributed by atoms with Crippen LogP contribution in [0.15, 0.2) is 79.4 Å². The van der Waals surface area contributed by atoms with Gasteiger partial charge in [-0.2, -0.15) is 0 Å². The molecular weight excluding hydrogens is 548 g/mol. The highest BCUT2D eigenvalue weighted by Crippen LogP contribution is 2.48. The Morgan fingerprint density at radius 2 is 1.53 bits per heavy atom. The molecule has 1 unspecified atom stereocenters. The highest BCUT2D eigenvalue weighted by atomic mass is 16.5. The third-order valence-corrected chi connectivity index (χ3v) is 7.37. The molecule has 0 heterocycles. The molecule has 3 aromatic rings. The largest absolute Gasteiger partial charge is 0.493 e. The zero-order valence-electron chi connectivity index (χ0n) is 24.5. The van der Waals surface area contributed by atoms with Crippen LogP contribution in [0.2, 0.25) is 0 Å². The van der Waals surface area contributed by atoms with Crippen LogP contribution in [0.4, 0.5) is 0 Å². The van der Waals surface area contributed by atoms with E-state index in [2.05, 4.69) is 33.1 Å². The van der Waals surface area contributed by atoms with Crippen LogP contribution < -0.4 is 14.2 Å². The van der Waals surface area contributed by atoms with Crippen molar-refractivity contribution in [3.63, 3.8) is 0 Å². The molecule has 4 rings (SSSR count). The molecule has 0 saturated carbocycles. The number of esters is 3. The summed E-state index contributed by atoms with van der Waals surface area (Å²) in [6.45, 7) is 11.5. The zero-order valence-corrected chi connectivity index (χ0v) is 24.5. The molecule has 1 N–H and O–H groups in total. The van der Waals surface area contributed by atoms with Crippen LogP contribution in [-0.4, -0.2) is 42.8 Å². The van der Waals surface area contributed by atoms with Crippen molar-refractivity contribution in [1.29, 1.82) is 0 Å². The Morgan fingerprint density at radius 3 is 2.21 bits per heavy atom. The van der Waals surface area contributed by atoms with Crippen LogP contribution in [-0.2, 0) is 14.3 Å². The predicted molar refractivity (Wildman–Crippen MR) is 163 cm³/mol. The Labute approximate surface area is 251 Å². The van der Waals surface area contributed by atoms with Crippen molar-refractivity contribution in [2.24, 2.45) is 0 Å². The van der Waals surface area contributed by atoms with Crippen LogP contribution >= 0.6 is 0 Å². The first-order chi connectivity index (χ1) is 20.7. The molecule has 0 bridgehead atoms. The summed E-state index contributed by atoms with van der Waals surface area (Å²) < 4.78 is 21.8. The Hall–Kier alpha value is -4.69. The fourth-order valence-electron chi connectivity index (χ4n) is 5.06. The first-order valence-electron chi connectivity index (χ1n) is 14.3. The number of hydrogen-bond donors (Lipinski definition) is 1. The Morgan fingerprint density at radius 1 is 0.884 bits per heavy atom. The standard InChI is InChI=1S/C35H36O8/c1-5-32(37)41-19-9-7-6-8-18-40-31-17-16-29-28-15-10-25(20-30(28)23(3)33(29)24(31)4)35(39)43-27-13-11-26(12-14-27)42-34(38)22(2)21-36/h5,10-17,20,23,36H,1-2,6-9,18-19,21H2,3-4H3. The minimum Gasteiger partial charge on any atom is -0.493 e. The van der Waals surface area contributed by atoms with E-state index in [4.69, 9.17) is 24.1 Å². The summed E-state index contributed by atoms with van der Waals surface area (Å²) in [5.74, 6) is -0.146. The summed E-state index contributed by atoms with van der Waals surface area (Å²) in [6, 6.07) is 15.7. The summed E-state index contributed by atoms with van der Waals surface area (Å²) in [6.07, 6.45) is 4.83. The molecule has 1 aliphatic carbocycles. The first kappa shape index (κ1) is 31.3. The van der Waals surface area contributed by atoms with Gasteiger partial charge in [0.25, 0.3) is 0 Å². The maximum absolute atomic E-state index is 13.0. The number of benzene rings is 3. The van der Waals surface area contributed by atoms with Crippen LogP contribution in [0.3, 0.4) is 0 Å². The second-order valence-electron chi connectivity index (χ2n) is 10.3. The molecule has 0 spiro atoms. The van der Waals surface area contributed by atoms with Gasteiger partial charge in [-0.25, -0.2) is 14.4 Å². The van der Waals surface area contributed by atoms with E-state index in [1.807, 2.05) is 18.2 Å². The third kappa shape index (κ3) is 7.59. The lowest BCUT2D eigenvalue weighted by Crippen LogP contribution is -2.13. The van der Waals surface area contributed by atoms with Gasteiger partial charge in [-0.3, -0.25) is 0 Å². The van der Waals surface area contributed by atoms with Gasteiger partial charge in [-0.15, -0.1) is 0 Å². The Balaban J connectivity index is 1.34. The smallest absolute Gasteiger partial charge is 0.343 e. The van der Waals surface area contributed by atoms with E-state index in [1.165, 1.54) is 35.9 Å². The summed E-state index contributed by atoms with van der Waals surface area (Å²) >= 11 is 0. The van der Waals surface area contributed by atoms with Gasteiger partial charge in [0.15, 0.2) is 0 Å². The van der Waals surface area contributed by atoms with Crippen LogP contribution in [0.1, 0.15) is 65.6 Å². The molecule has 0 fully saturated rings. The predicted octanol–water partition coefficient (Wildman–Crippen LogP) is 6.47. The van der Waals surface area contributed by atoms with E-state index >= 15 is 0 Å². The Bertz CT molecular complexity index is 1520. The lowest BCUT2D eigenvalue weighted by molar-refractivity contribution is -0.137. The van der Waals surface area contributed by atoms with Gasteiger partial charge in [-0.1, -0.05) is 32.2 Å². The molecule has 224 valence electrons. The average molecular weight is 585 g/mol. The average Bonchev–Trinajstić information content (AvgIpc) is 3.31. The van der Waals surface area contributed by atoms with E-state index in [0.717, 1.165) is 53.7 Å². The van der Waals surface area contributed by atoms with E-state index < -0.39 is 18.5 Å². The summed E-state index contributed by atoms with van der Waals surface area (Å²) in [5, 5.41) is 9.00. The van der Waals surface area contributed by atoms with Gasteiger partial charge < -0.3 is 24.1 Å². The quantitative estimate of drug-likeness (QED) is 0.0994. The van der Waals surface area contributed by atoms with Gasteiger partial charge in [0.2, 0.25) is 0 Å². The monoisotopic (exact) mass is 584 g/mol. The number of carbonyl (C=O) groups is 3. The van der Waals surface area contributed by atoms with Crippen LogP contribution in [0.5, 0.6) is 17.2 Å². The number of ether oxygens (including phenoxy) is 4. The number of carbonyl (C=O) groups excluding carboxylic acids is 3. The molecule has 0 saturated heterocycles. The molecule has 3 aromatic carbocycles. The van der Waals surface area contributed by atoms with Crippen LogP contribution in [0.25, 0.3) is 11.1 Å². The van der Waals surface area contributed by atoms with Gasteiger partial charge in [0, 0.05) is 12.0 Å². The van der Waals surface area contributed by atoms with Gasteiger partial charge in [-0.05, 0) is 103 Å². The third-order valence-electron chi connectivity index (χ3n) is 7.37. The van der Waals surface area contributed by atoms with Crippen molar-refractivity contribution < 1.29 is 38.4 Å². The molecule has 0 radical (unpaired) electrons. The number of aliphatic hydroxyl groups excluding tert-OH is 1. The first-order valence-corrected chi connectivity index (χ1v) is 14.3. The molecular formula is C35H36O8. The van der Waals surface area contributed by atoms with Crippen LogP contribution in [0, 0.1) is 6.92 Å². The van der Waals surface area contributed by atoms with E-state index in [9.17, 15) is 14.4 Å². The lowest BCUT2D eigenvalue weighted by Gasteiger charge is -2.15. The normalized spacial score (nSPS) is 13.0. The maximum Gasteiger partial charge on any atom is 0.343 e. The number of hydrogen-bond acceptors (Lipinski definition) is 8. The van der Waals surface area contributed by atoms with Crippen molar-refractivity contribution >= 4 is 17.9 Å². The van der Waals surface area contributed by atoms with Crippen molar-refractivity contribution in [2.75, 3.05) is 19.8 Å². The van der Waals surface area contributed by atoms with Crippen molar-refractivity contribution in [2.45, 2.75) is 45.4 Å². The topological polar surface area (TPSA) is 108 Å². The van der Waals surface area contributed by atoms with Crippen molar-refractivity contribution in [3.8, 4) is 28.4 Å². The second-order valence-corrected chi connectivity index (χ2v) is 10.3. The van der Waals surface area contributed by atoms with Crippen molar-refractivity contribution in [1.82, 2.24) is 0 Å². The minimum atomic E-state index is -0.730. The lowest BCUT2D eigenvalue weighted by atomic mass is 9.94. The zero-order chi connectivity index (χ0) is 30.9. The molecule has 8 heteroatoms. The fourth-order valence-corrected chi connectivity index (χ4v) is 5.06. The van der Waals surface area contributed by atoms with E-state index in [0.29, 0.717) is 24.5 Å². The molecule has 8 nitrogen and oxygen atoms in total. The number of rotatable bonds is 14. The van der Waals surface area contributed by atoms with Gasteiger partial charge >= 0.3 is 17.9 Å². The van der Waals surface area contributed by atoms with Crippen molar-refractivity contribution in [3.05, 3.63) is 102 Å². The van der Waals surface area contributed by atoms with E-state index in [1.54, 1.807) is 6.07 Å². The SMILES string of the molecule is C=CC(=O)OCCCCCCOc1ccc2c(c1C)C(C)c1cc(C(=O)Oc3ccc(OC(=O)C(=C)CO)cc3)ccc1-2. The maximum atomic E-state index is 13.0. The number of unbranched alkanes of at least 4 members (excludes halogenated alkanes) is 3. The molecule has 1 atom stereocenters. The highest BCUT2D eigenvalue weighted by molar-refractivity contribution is 5.94. The Kier molecular flexibility index (Phi) is 10.5. The fraction of sp³-hybridized carbons (Fsp3) is 0.286. The summed E-state index contributed by atoms with van der Waals surface area (Å²) in [7, 11) is 0. The van der Waals surface area contributed by atoms with Gasteiger partial charge in [0.05, 0.1) is 31.0 Å². The minimum absolute atomic E-state index is 0.0589. The highest BCUT2D eigenvalue weighted by Gasteiger charge is 2.29.